The number of likely N-dealkylation sites (tertiary alicyclic amines) is 1. The second kappa shape index (κ2) is 6.06. The van der Waals surface area contributed by atoms with Crippen molar-refractivity contribution in [2.24, 2.45) is 5.92 Å². The van der Waals surface area contributed by atoms with Crippen LogP contribution in [0.2, 0.25) is 5.02 Å². The number of rotatable bonds is 3. The van der Waals surface area contributed by atoms with Crippen LogP contribution in [-0.2, 0) is 0 Å². The molecule has 1 saturated heterocycles. The molecule has 1 N–H and O–H groups in total. The maximum atomic E-state index is 12.5. The van der Waals surface area contributed by atoms with Crippen LogP contribution in [0.25, 0.3) is 5.69 Å². The van der Waals surface area contributed by atoms with Gasteiger partial charge in [-0.05, 0) is 31.5 Å². The van der Waals surface area contributed by atoms with Crippen molar-refractivity contribution >= 4 is 17.5 Å². The number of hydrogen-bond donors (Lipinski definition) is 1. The first-order valence-corrected chi connectivity index (χ1v) is 7.56. The molecule has 1 amide bonds. The highest BCUT2D eigenvalue weighted by Crippen LogP contribution is 2.21. The summed E-state index contributed by atoms with van der Waals surface area (Å²) in [6, 6.07) is 7.24. The third-order valence-electron chi connectivity index (χ3n) is 3.98. The molecule has 0 saturated carbocycles. The first kappa shape index (κ1) is 15.0. The SMILES string of the molecule is Cc1c(C(=O)N2CCC(CO)C2)nnn1-c1cccc(Cl)c1. The third-order valence-corrected chi connectivity index (χ3v) is 4.22. The predicted molar refractivity (Wildman–Crippen MR) is 82.2 cm³/mol. The van der Waals surface area contributed by atoms with E-state index >= 15 is 0 Å². The molecule has 0 aliphatic carbocycles. The lowest BCUT2D eigenvalue weighted by molar-refractivity contribution is 0.0775. The number of benzene rings is 1. The Morgan fingerprint density at radius 2 is 2.32 bits per heavy atom. The number of carbonyl (C=O) groups excluding carboxylic acids is 1. The summed E-state index contributed by atoms with van der Waals surface area (Å²) in [6.45, 7) is 3.14. The number of aliphatic hydroxyl groups is 1. The van der Waals surface area contributed by atoms with Gasteiger partial charge in [0.1, 0.15) is 0 Å². The molecule has 116 valence electrons. The van der Waals surface area contributed by atoms with Crippen LogP contribution in [0.15, 0.2) is 24.3 Å². The number of halogens is 1. The van der Waals surface area contributed by atoms with Crippen molar-refractivity contribution in [1.82, 2.24) is 19.9 Å². The van der Waals surface area contributed by atoms with Crippen LogP contribution in [0.5, 0.6) is 0 Å². The van der Waals surface area contributed by atoms with Gasteiger partial charge >= 0.3 is 0 Å². The summed E-state index contributed by atoms with van der Waals surface area (Å²) < 4.78 is 1.61. The molecule has 2 aromatic rings. The standard InChI is InChI=1S/C15H17ClN4O2/c1-10-14(15(22)19-6-5-11(8-19)9-21)17-18-20(10)13-4-2-3-12(16)7-13/h2-4,7,11,21H,5-6,8-9H2,1H3. The fraction of sp³-hybridized carbons (Fsp3) is 0.400. The van der Waals surface area contributed by atoms with Gasteiger partial charge in [-0.1, -0.05) is 22.9 Å². The molecular formula is C15H17ClN4O2. The summed E-state index contributed by atoms with van der Waals surface area (Å²) in [5.74, 6) is 0.0222. The lowest BCUT2D eigenvalue weighted by Gasteiger charge is -2.14. The molecule has 1 fully saturated rings. The summed E-state index contributed by atoms with van der Waals surface area (Å²) in [5, 5.41) is 17.9. The molecule has 0 bridgehead atoms. The third kappa shape index (κ3) is 2.71. The first-order chi connectivity index (χ1) is 10.6. The van der Waals surface area contributed by atoms with Crippen molar-refractivity contribution < 1.29 is 9.90 Å². The van der Waals surface area contributed by atoms with E-state index in [4.69, 9.17) is 11.6 Å². The van der Waals surface area contributed by atoms with E-state index in [-0.39, 0.29) is 18.4 Å². The minimum absolute atomic E-state index is 0.109. The van der Waals surface area contributed by atoms with Crippen LogP contribution in [0, 0.1) is 12.8 Å². The van der Waals surface area contributed by atoms with Gasteiger partial charge in [0.15, 0.2) is 5.69 Å². The lowest BCUT2D eigenvalue weighted by Crippen LogP contribution is -2.30. The molecule has 22 heavy (non-hydrogen) atoms. The second-order valence-corrected chi connectivity index (χ2v) is 5.94. The van der Waals surface area contributed by atoms with Crippen LogP contribution >= 0.6 is 11.6 Å². The van der Waals surface area contributed by atoms with Gasteiger partial charge < -0.3 is 10.0 Å². The minimum atomic E-state index is -0.137. The van der Waals surface area contributed by atoms with E-state index in [1.54, 1.807) is 21.7 Å². The molecule has 1 atom stereocenters. The summed E-state index contributed by atoms with van der Waals surface area (Å²) in [7, 11) is 0. The number of hydrogen-bond acceptors (Lipinski definition) is 4. The van der Waals surface area contributed by atoms with Crippen molar-refractivity contribution in [3.8, 4) is 5.69 Å². The zero-order chi connectivity index (χ0) is 15.7. The fourth-order valence-electron chi connectivity index (χ4n) is 2.70. The maximum Gasteiger partial charge on any atom is 0.276 e. The van der Waals surface area contributed by atoms with Gasteiger partial charge in [0, 0.05) is 30.6 Å². The van der Waals surface area contributed by atoms with Gasteiger partial charge in [-0.2, -0.15) is 0 Å². The molecule has 1 aromatic heterocycles. The largest absolute Gasteiger partial charge is 0.396 e. The van der Waals surface area contributed by atoms with E-state index in [9.17, 15) is 9.90 Å². The monoisotopic (exact) mass is 320 g/mol. The molecule has 7 heteroatoms. The topological polar surface area (TPSA) is 71.2 Å². The zero-order valence-corrected chi connectivity index (χ0v) is 13.0. The van der Waals surface area contributed by atoms with Gasteiger partial charge in [0.05, 0.1) is 11.4 Å². The van der Waals surface area contributed by atoms with Crippen LogP contribution in [0.1, 0.15) is 22.6 Å². The predicted octanol–water partition coefficient (Wildman–Crippen LogP) is 1.68. The Morgan fingerprint density at radius 3 is 3.00 bits per heavy atom. The molecule has 1 aliphatic heterocycles. The van der Waals surface area contributed by atoms with Crippen molar-refractivity contribution in [3.05, 3.63) is 40.7 Å². The Labute approximate surface area is 133 Å². The summed E-state index contributed by atoms with van der Waals surface area (Å²) >= 11 is 5.99. The Hall–Kier alpha value is -1.92. The number of aliphatic hydroxyl groups excluding tert-OH is 1. The average molecular weight is 321 g/mol. The quantitative estimate of drug-likeness (QED) is 0.934. The Bertz CT molecular complexity index is 701. The normalized spacial score (nSPS) is 18.0. The van der Waals surface area contributed by atoms with Gasteiger partial charge in [-0.25, -0.2) is 4.68 Å². The zero-order valence-electron chi connectivity index (χ0n) is 12.2. The Balaban J connectivity index is 1.86. The Morgan fingerprint density at radius 1 is 1.50 bits per heavy atom. The van der Waals surface area contributed by atoms with E-state index in [1.165, 1.54) is 0 Å². The van der Waals surface area contributed by atoms with Crippen molar-refractivity contribution in [3.63, 3.8) is 0 Å². The fourth-order valence-corrected chi connectivity index (χ4v) is 2.88. The van der Waals surface area contributed by atoms with E-state index in [0.29, 0.717) is 29.5 Å². The van der Waals surface area contributed by atoms with Crippen molar-refractivity contribution in [2.45, 2.75) is 13.3 Å². The number of carbonyl (C=O) groups is 1. The van der Waals surface area contributed by atoms with Crippen LogP contribution < -0.4 is 0 Å². The Kier molecular flexibility index (Phi) is 4.13. The summed E-state index contributed by atoms with van der Waals surface area (Å²) in [5.41, 5.74) is 1.80. The molecule has 1 aromatic carbocycles. The highest BCUT2D eigenvalue weighted by Gasteiger charge is 2.29. The van der Waals surface area contributed by atoms with E-state index in [2.05, 4.69) is 10.3 Å². The smallest absolute Gasteiger partial charge is 0.276 e. The highest BCUT2D eigenvalue weighted by molar-refractivity contribution is 6.30. The second-order valence-electron chi connectivity index (χ2n) is 5.50. The van der Waals surface area contributed by atoms with Crippen LogP contribution in [0.3, 0.4) is 0 Å². The van der Waals surface area contributed by atoms with Crippen LogP contribution in [0.4, 0.5) is 0 Å². The molecule has 0 spiro atoms. The first-order valence-electron chi connectivity index (χ1n) is 7.18. The molecule has 3 rings (SSSR count). The summed E-state index contributed by atoms with van der Waals surface area (Å²) in [6.07, 6.45) is 0.823. The average Bonchev–Trinajstić information content (AvgIpc) is 3.13. The minimum Gasteiger partial charge on any atom is -0.396 e. The highest BCUT2D eigenvalue weighted by atomic mass is 35.5. The number of amides is 1. The maximum absolute atomic E-state index is 12.5. The molecule has 2 heterocycles. The number of nitrogens with zero attached hydrogens (tertiary/aromatic N) is 4. The molecule has 6 nitrogen and oxygen atoms in total. The van der Waals surface area contributed by atoms with Crippen molar-refractivity contribution in [2.75, 3.05) is 19.7 Å². The summed E-state index contributed by atoms with van der Waals surface area (Å²) in [4.78, 5) is 14.3. The molecule has 1 aliphatic rings. The molecule has 0 radical (unpaired) electrons. The van der Waals surface area contributed by atoms with Gasteiger partial charge in [0.25, 0.3) is 5.91 Å². The van der Waals surface area contributed by atoms with Crippen molar-refractivity contribution in [1.29, 1.82) is 0 Å². The van der Waals surface area contributed by atoms with Crippen LogP contribution in [-0.4, -0.2) is 50.6 Å². The van der Waals surface area contributed by atoms with Gasteiger partial charge in [-0.15, -0.1) is 5.10 Å². The van der Waals surface area contributed by atoms with Gasteiger partial charge in [0.2, 0.25) is 0 Å². The lowest BCUT2D eigenvalue weighted by atomic mass is 10.1. The van der Waals surface area contributed by atoms with E-state index in [1.807, 2.05) is 19.1 Å². The molecular weight excluding hydrogens is 304 g/mol. The van der Waals surface area contributed by atoms with Gasteiger partial charge in [-0.3, -0.25) is 4.79 Å². The van der Waals surface area contributed by atoms with E-state index in [0.717, 1.165) is 12.1 Å². The number of aromatic nitrogens is 3. The molecule has 1 unspecified atom stereocenters. The van der Waals surface area contributed by atoms with E-state index < -0.39 is 0 Å².